The molecule has 3 aromatic carbocycles. The lowest BCUT2D eigenvalue weighted by atomic mass is 10.0. The zero-order valence-electron chi connectivity index (χ0n) is 17.6. The molecule has 0 atom stereocenters. The Morgan fingerprint density at radius 3 is 2.00 bits per heavy atom. The van der Waals surface area contributed by atoms with Crippen molar-refractivity contribution in [1.29, 1.82) is 0 Å². The molecule has 6 heteroatoms. The summed E-state index contributed by atoms with van der Waals surface area (Å²) < 4.78 is 10.1. The Morgan fingerprint density at radius 2 is 1.42 bits per heavy atom. The Kier molecular flexibility index (Phi) is 6.82. The molecule has 0 radical (unpaired) electrons. The topological polar surface area (TPSA) is 81.7 Å². The van der Waals surface area contributed by atoms with Gasteiger partial charge in [-0.15, -0.1) is 0 Å². The molecule has 6 nitrogen and oxygen atoms in total. The number of benzene rings is 3. The molecule has 0 aromatic heterocycles. The first-order valence-electron chi connectivity index (χ1n) is 9.75. The van der Waals surface area contributed by atoms with E-state index in [0.29, 0.717) is 17.0 Å². The standard InChI is InChI=1S/C25H23NO5/c1-16-4-11-22(14-17(16)2)26-24(28)15-30-25(29)21-7-5-19(6-8-21)20-9-12-23(13-10-20)31-18(3)27/h4-14H,15H2,1-3H3,(H,26,28). The number of hydrogen-bond donors (Lipinski definition) is 1. The minimum absolute atomic E-state index is 0.347. The molecule has 0 spiro atoms. The zero-order chi connectivity index (χ0) is 22.4. The fourth-order valence-electron chi connectivity index (χ4n) is 2.91. The first-order valence-corrected chi connectivity index (χ1v) is 9.75. The molecular weight excluding hydrogens is 394 g/mol. The van der Waals surface area contributed by atoms with Crippen molar-refractivity contribution in [2.75, 3.05) is 11.9 Å². The van der Waals surface area contributed by atoms with E-state index in [1.165, 1.54) is 6.92 Å². The molecule has 0 saturated heterocycles. The molecule has 0 aliphatic rings. The third-order valence-electron chi connectivity index (χ3n) is 4.69. The predicted octanol–water partition coefficient (Wildman–Crippen LogP) is 4.69. The van der Waals surface area contributed by atoms with Gasteiger partial charge in [-0.25, -0.2) is 4.79 Å². The molecule has 0 heterocycles. The van der Waals surface area contributed by atoms with Crippen molar-refractivity contribution < 1.29 is 23.9 Å². The number of rotatable bonds is 6. The molecule has 0 saturated carbocycles. The van der Waals surface area contributed by atoms with Crippen LogP contribution in [0.2, 0.25) is 0 Å². The van der Waals surface area contributed by atoms with Crippen LogP contribution in [0.4, 0.5) is 5.69 Å². The van der Waals surface area contributed by atoms with E-state index in [1.54, 1.807) is 42.5 Å². The normalized spacial score (nSPS) is 10.3. The number of nitrogens with one attached hydrogen (secondary N) is 1. The third kappa shape index (κ3) is 6.02. The maximum absolute atomic E-state index is 12.2. The number of anilines is 1. The van der Waals surface area contributed by atoms with Crippen molar-refractivity contribution in [2.24, 2.45) is 0 Å². The predicted molar refractivity (Wildman–Crippen MR) is 118 cm³/mol. The van der Waals surface area contributed by atoms with Gasteiger partial charge in [-0.05, 0) is 72.5 Å². The number of esters is 2. The lowest BCUT2D eigenvalue weighted by Gasteiger charge is -2.09. The van der Waals surface area contributed by atoms with Crippen LogP contribution in [0.3, 0.4) is 0 Å². The summed E-state index contributed by atoms with van der Waals surface area (Å²) in [5, 5.41) is 2.72. The fraction of sp³-hybridized carbons (Fsp3) is 0.160. The summed E-state index contributed by atoms with van der Waals surface area (Å²) in [5.41, 5.74) is 5.00. The molecular formula is C25H23NO5. The van der Waals surface area contributed by atoms with Gasteiger partial charge in [0.25, 0.3) is 5.91 Å². The first kappa shape index (κ1) is 21.8. The molecule has 31 heavy (non-hydrogen) atoms. The van der Waals surface area contributed by atoms with Crippen LogP contribution < -0.4 is 10.1 Å². The minimum Gasteiger partial charge on any atom is -0.452 e. The average Bonchev–Trinajstić information content (AvgIpc) is 2.75. The number of hydrogen-bond acceptors (Lipinski definition) is 5. The molecule has 1 amide bonds. The third-order valence-corrected chi connectivity index (χ3v) is 4.69. The van der Waals surface area contributed by atoms with Crippen molar-refractivity contribution in [2.45, 2.75) is 20.8 Å². The molecule has 0 fully saturated rings. The van der Waals surface area contributed by atoms with Crippen LogP contribution in [-0.2, 0) is 14.3 Å². The Morgan fingerprint density at radius 1 is 0.806 bits per heavy atom. The molecule has 0 aliphatic carbocycles. The summed E-state index contributed by atoms with van der Waals surface area (Å²) in [6.07, 6.45) is 0. The van der Waals surface area contributed by atoms with E-state index in [4.69, 9.17) is 9.47 Å². The number of ether oxygens (including phenoxy) is 2. The van der Waals surface area contributed by atoms with E-state index < -0.39 is 11.9 Å². The summed E-state index contributed by atoms with van der Waals surface area (Å²) in [5.74, 6) is -0.887. The number of carbonyl (C=O) groups is 3. The quantitative estimate of drug-likeness (QED) is 0.465. The lowest BCUT2D eigenvalue weighted by molar-refractivity contribution is -0.131. The van der Waals surface area contributed by atoms with E-state index >= 15 is 0 Å². The zero-order valence-corrected chi connectivity index (χ0v) is 17.6. The van der Waals surface area contributed by atoms with Crippen LogP contribution in [0.25, 0.3) is 11.1 Å². The van der Waals surface area contributed by atoms with E-state index in [0.717, 1.165) is 22.3 Å². The summed E-state index contributed by atoms with van der Waals surface area (Å²) >= 11 is 0. The van der Waals surface area contributed by atoms with Crippen molar-refractivity contribution >= 4 is 23.5 Å². The highest BCUT2D eigenvalue weighted by molar-refractivity contribution is 5.95. The molecule has 0 aliphatic heterocycles. The largest absolute Gasteiger partial charge is 0.452 e. The van der Waals surface area contributed by atoms with E-state index in [9.17, 15) is 14.4 Å². The molecule has 158 valence electrons. The molecule has 0 bridgehead atoms. The molecule has 1 N–H and O–H groups in total. The van der Waals surface area contributed by atoms with Gasteiger partial charge in [0.05, 0.1) is 5.56 Å². The van der Waals surface area contributed by atoms with E-state index in [1.807, 2.05) is 38.1 Å². The number of amides is 1. The highest BCUT2D eigenvalue weighted by atomic mass is 16.5. The van der Waals surface area contributed by atoms with Crippen LogP contribution in [0, 0.1) is 13.8 Å². The van der Waals surface area contributed by atoms with Crippen molar-refractivity contribution in [1.82, 2.24) is 0 Å². The van der Waals surface area contributed by atoms with Crippen LogP contribution >= 0.6 is 0 Å². The number of aryl methyl sites for hydroxylation is 2. The second-order valence-corrected chi connectivity index (χ2v) is 7.12. The Bertz CT molecular complexity index is 1100. The second kappa shape index (κ2) is 9.71. The van der Waals surface area contributed by atoms with Crippen molar-refractivity contribution in [3.05, 3.63) is 83.4 Å². The maximum atomic E-state index is 12.2. The fourth-order valence-corrected chi connectivity index (χ4v) is 2.91. The van der Waals surface area contributed by atoms with Gasteiger partial charge in [0, 0.05) is 12.6 Å². The second-order valence-electron chi connectivity index (χ2n) is 7.12. The van der Waals surface area contributed by atoms with Crippen LogP contribution in [0.1, 0.15) is 28.4 Å². The van der Waals surface area contributed by atoms with Crippen LogP contribution in [0.5, 0.6) is 5.75 Å². The summed E-state index contributed by atoms with van der Waals surface area (Å²) in [7, 11) is 0. The summed E-state index contributed by atoms with van der Waals surface area (Å²) in [6.45, 7) is 4.93. The van der Waals surface area contributed by atoms with Gasteiger partial charge in [0.15, 0.2) is 6.61 Å². The molecule has 3 aromatic rings. The average molecular weight is 417 g/mol. The van der Waals surface area contributed by atoms with Gasteiger partial charge in [-0.1, -0.05) is 30.3 Å². The lowest BCUT2D eigenvalue weighted by Crippen LogP contribution is -2.21. The van der Waals surface area contributed by atoms with E-state index in [2.05, 4.69) is 5.32 Å². The van der Waals surface area contributed by atoms with Crippen LogP contribution in [-0.4, -0.2) is 24.5 Å². The van der Waals surface area contributed by atoms with Crippen molar-refractivity contribution in [3.63, 3.8) is 0 Å². The van der Waals surface area contributed by atoms with Gasteiger partial charge in [-0.3, -0.25) is 9.59 Å². The molecule has 0 unspecified atom stereocenters. The van der Waals surface area contributed by atoms with Gasteiger partial charge < -0.3 is 14.8 Å². The van der Waals surface area contributed by atoms with Gasteiger partial charge >= 0.3 is 11.9 Å². The summed E-state index contributed by atoms with van der Waals surface area (Å²) in [6, 6.07) is 19.5. The number of carbonyl (C=O) groups excluding carboxylic acids is 3. The Balaban J connectivity index is 1.55. The summed E-state index contributed by atoms with van der Waals surface area (Å²) in [4.78, 5) is 35.3. The Hall–Kier alpha value is -3.93. The van der Waals surface area contributed by atoms with Gasteiger partial charge in [0.2, 0.25) is 0 Å². The van der Waals surface area contributed by atoms with Gasteiger partial charge in [-0.2, -0.15) is 0 Å². The van der Waals surface area contributed by atoms with Crippen LogP contribution in [0.15, 0.2) is 66.7 Å². The highest BCUT2D eigenvalue weighted by Gasteiger charge is 2.11. The minimum atomic E-state index is -0.577. The van der Waals surface area contributed by atoms with E-state index in [-0.39, 0.29) is 12.6 Å². The van der Waals surface area contributed by atoms with Crippen molar-refractivity contribution in [3.8, 4) is 16.9 Å². The Labute approximate surface area is 180 Å². The monoisotopic (exact) mass is 417 g/mol. The molecule has 3 rings (SSSR count). The maximum Gasteiger partial charge on any atom is 0.338 e. The smallest absolute Gasteiger partial charge is 0.338 e. The van der Waals surface area contributed by atoms with Gasteiger partial charge in [0.1, 0.15) is 5.75 Å². The highest BCUT2D eigenvalue weighted by Crippen LogP contribution is 2.23. The SMILES string of the molecule is CC(=O)Oc1ccc(-c2ccc(C(=O)OCC(=O)Nc3ccc(C)c(C)c3)cc2)cc1. The first-order chi connectivity index (χ1) is 14.8.